The van der Waals surface area contributed by atoms with E-state index >= 15 is 0 Å². The number of ether oxygens (including phenoxy) is 2. The van der Waals surface area contributed by atoms with E-state index in [9.17, 15) is 14.0 Å². The van der Waals surface area contributed by atoms with E-state index in [1.54, 1.807) is 37.4 Å². The van der Waals surface area contributed by atoms with Gasteiger partial charge in [0, 0.05) is 5.69 Å². The molecule has 0 aliphatic carbocycles. The van der Waals surface area contributed by atoms with Crippen LogP contribution in [-0.4, -0.2) is 19.0 Å². The van der Waals surface area contributed by atoms with Crippen molar-refractivity contribution in [3.63, 3.8) is 0 Å². The minimum absolute atomic E-state index is 0.0160. The Morgan fingerprint density at radius 3 is 2.67 bits per heavy atom. The summed E-state index contributed by atoms with van der Waals surface area (Å²) in [5.74, 6) is -1.27. The second-order valence-corrected chi connectivity index (χ2v) is 5.49. The molecule has 24 heavy (non-hydrogen) atoms. The van der Waals surface area contributed by atoms with Gasteiger partial charge in [-0.1, -0.05) is 18.2 Å². The Bertz CT molecular complexity index is 760. The molecule has 3 rings (SSSR count). The Morgan fingerprint density at radius 2 is 2.00 bits per heavy atom. The Kier molecular flexibility index (Phi) is 4.46. The number of anilines is 1. The number of carbonyl (C=O) groups excluding carboxylic acids is 2. The zero-order valence-corrected chi connectivity index (χ0v) is 13.0. The predicted molar refractivity (Wildman–Crippen MR) is 85.0 cm³/mol. The van der Waals surface area contributed by atoms with Crippen LogP contribution in [0.15, 0.2) is 48.5 Å². The maximum Gasteiger partial charge on any atom is 0.307 e. The molecule has 1 aliphatic heterocycles. The Morgan fingerprint density at radius 1 is 1.25 bits per heavy atom. The lowest BCUT2D eigenvalue weighted by atomic mass is 9.94. The first kappa shape index (κ1) is 16.0. The molecule has 1 saturated heterocycles. The van der Waals surface area contributed by atoms with Gasteiger partial charge in [0.05, 0.1) is 19.4 Å². The number of hydrogen-bond acceptors (Lipinski definition) is 4. The predicted octanol–water partition coefficient (Wildman–Crippen LogP) is 3.08. The van der Waals surface area contributed by atoms with Crippen LogP contribution in [0.2, 0.25) is 0 Å². The lowest BCUT2D eigenvalue weighted by Crippen LogP contribution is -2.25. The average Bonchev–Trinajstić information content (AvgIpc) is 2.97. The van der Waals surface area contributed by atoms with Crippen LogP contribution < -0.4 is 10.1 Å². The number of esters is 1. The van der Waals surface area contributed by atoms with E-state index in [2.05, 4.69) is 5.32 Å². The number of carbonyl (C=O) groups is 2. The fourth-order valence-electron chi connectivity index (χ4n) is 2.68. The van der Waals surface area contributed by atoms with Crippen LogP contribution in [0.1, 0.15) is 18.1 Å². The van der Waals surface area contributed by atoms with Gasteiger partial charge in [0.15, 0.2) is 0 Å². The van der Waals surface area contributed by atoms with Crippen LogP contribution in [0.25, 0.3) is 0 Å². The molecule has 2 atom stereocenters. The van der Waals surface area contributed by atoms with Crippen molar-refractivity contribution in [2.24, 2.45) is 5.92 Å². The molecule has 0 saturated carbocycles. The number of methoxy groups -OCH3 is 1. The molecule has 1 N–H and O–H groups in total. The summed E-state index contributed by atoms with van der Waals surface area (Å²) in [6, 6.07) is 12.6. The molecule has 2 unspecified atom stereocenters. The molecule has 1 heterocycles. The minimum Gasteiger partial charge on any atom is -0.497 e. The van der Waals surface area contributed by atoms with Gasteiger partial charge in [-0.25, -0.2) is 4.39 Å². The second kappa shape index (κ2) is 6.70. The van der Waals surface area contributed by atoms with Gasteiger partial charge in [-0.15, -0.1) is 0 Å². The molecule has 6 heteroatoms. The van der Waals surface area contributed by atoms with Crippen LogP contribution in [0.4, 0.5) is 10.1 Å². The van der Waals surface area contributed by atoms with Crippen molar-refractivity contribution in [2.45, 2.75) is 12.5 Å². The van der Waals surface area contributed by atoms with Gasteiger partial charge >= 0.3 is 5.97 Å². The van der Waals surface area contributed by atoms with E-state index in [-0.39, 0.29) is 12.3 Å². The molecule has 124 valence electrons. The summed E-state index contributed by atoms with van der Waals surface area (Å²) in [6.45, 7) is 0. The highest BCUT2D eigenvalue weighted by Gasteiger charge is 2.40. The van der Waals surface area contributed by atoms with Crippen LogP contribution >= 0.6 is 0 Å². The van der Waals surface area contributed by atoms with Crippen molar-refractivity contribution in [1.82, 2.24) is 0 Å². The third-order valence-electron chi connectivity index (χ3n) is 3.88. The van der Waals surface area contributed by atoms with Crippen LogP contribution in [-0.2, 0) is 14.3 Å². The van der Waals surface area contributed by atoms with Crippen LogP contribution in [0, 0.1) is 11.7 Å². The molecule has 0 radical (unpaired) electrons. The van der Waals surface area contributed by atoms with E-state index in [1.165, 1.54) is 18.2 Å². The topological polar surface area (TPSA) is 64.6 Å². The number of nitrogens with one attached hydrogen (secondary N) is 1. The third-order valence-corrected chi connectivity index (χ3v) is 3.88. The number of benzene rings is 2. The molecule has 1 fully saturated rings. The van der Waals surface area contributed by atoms with Crippen molar-refractivity contribution in [1.29, 1.82) is 0 Å². The number of rotatable bonds is 4. The highest BCUT2D eigenvalue weighted by Crippen LogP contribution is 2.36. The van der Waals surface area contributed by atoms with Gasteiger partial charge in [-0.05, 0) is 35.9 Å². The van der Waals surface area contributed by atoms with E-state index in [4.69, 9.17) is 9.47 Å². The summed E-state index contributed by atoms with van der Waals surface area (Å²) < 4.78 is 23.6. The van der Waals surface area contributed by atoms with Crippen molar-refractivity contribution in [2.75, 3.05) is 12.4 Å². The lowest BCUT2D eigenvalue weighted by molar-refractivity contribution is -0.141. The molecule has 2 aromatic rings. The van der Waals surface area contributed by atoms with Crippen molar-refractivity contribution in [3.05, 3.63) is 59.9 Å². The van der Waals surface area contributed by atoms with Crippen molar-refractivity contribution in [3.8, 4) is 5.75 Å². The van der Waals surface area contributed by atoms with E-state index in [1.807, 2.05) is 0 Å². The Hall–Kier alpha value is -2.89. The number of halogens is 1. The van der Waals surface area contributed by atoms with E-state index in [0.29, 0.717) is 17.0 Å². The summed E-state index contributed by atoms with van der Waals surface area (Å²) in [4.78, 5) is 24.2. The quantitative estimate of drug-likeness (QED) is 0.876. The van der Waals surface area contributed by atoms with Crippen LogP contribution in [0.3, 0.4) is 0 Å². The number of cyclic esters (lactones) is 1. The fraction of sp³-hybridized carbons (Fsp3) is 0.222. The summed E-state index contributed by atoms with van der Waals surface area (Å²) in [6.07, 6.45) is -0.686. The van der Waals surface area contributed by atoms with Gasteiger partial charge in [0.2, 0.25) is 5.91 Å². The van der Waals surface area contributed by atoms with Gasteiger partial charge in [0.25, 0.3) is 0 Å². The zero-order chi connectivity index (χ0) is 17.1. The fourth-order valence-corrected chi connectivity index (χ4v) is 2.68. The second-order valence-electron chi connectivity index (χ2n) is 5.49. The maximum atomic E-state index is 13.2. The summed E-state index contributed by atoms with van der Waals surface area (Å²) in [5.41, 5.74) is 1.05. The standard InChI is InChI=1S/C18H16FNO4/c1-23-14-7-5-11(6-8-14)17-15(10-16(21)24-17)18(22)20-13-4-2-3-12(19)9-13/h2-9,15,17H,10H2,1H3,(H,20,22). The first-order valence-corrected chi connectivity index (χ1v) is 7.46. The normalized spacial score (nSPS) is 19.7. The molecule has 1 amide bonds. The first-order valence-electron chi connectivity index (χ1n) is 7.46. The molecule has 1 aliphatic rings. The average molecular weight is 329 g/mol. The first-order chi connectivity index (χ1) is 11.6. The molecule has 5 nitrogen and oxygen atoms in total. The zero-order valence-electron chi connectivity index (χ0n) is 13.0. The van der Waals surface area contributed by atoms with Gasteiger partial charge in [-0.2, -0.15) is 0 Å². The largest absolute Gasteiger partial charge is 0.497 e. The minimum atomic E-state index is -0.672. The summed E-state index contributed by atoms with van der Waals surface area (Å²) in [7, 11) is 1.56. The Labute approximate surface area is 138 Å². The van der Waals surface area contributed by atoms with Gasteiger partial charge in [0.1, 0.15) is 17.7 Å². The van der Waals surface area contributed by atoms with Crippen molar-refractivity contribution >= 4 is 17.6 Å². The van der Waals surface area contributed by atoms with Crippen LogP contribution in [0.5, 0.6) is 5.75 Å². The van der Waals surface area contributed by atoms with Gasteiger partial charge in [-0.3, -0.25) is 9.59 Å². The highest BCUT2D eigenvalue weighted by atomic mass is 19.1. The SMILES string of the molecule is COc1ccc(C2OC(=O)CC2C(=O)Nc2cccc(F)c2)cc1. The van der Waals surface area contributed by atoms with Crippen molar-refractivity contribution < 1.29 is 23.5 Å². The lowest BCUT2D eigenvalue weighted by Gasteiger charge is -2.18. The smallest absolute Gasteiger partial charge is 0.307 e. The molecular formula is C18H16FNO4. The summed E-state index contributed by atoms with van der Waals surface area (Å²) in [5, 5.41) is 2.63. The molecule has 0 bridgehead atoms. The monoisotopic (exact) mass is 329 g/mol. The molecular weight excluding hydrogens is 313 g/mol. The van der Waals surface area contributed by atoms with E-state index in [0.717, 1.165) is 0 Å². The number of hydrogen-bond donors (Lipinski definition) is 1. The third kappa shape index (κ3) is 3.37. The van der Waals surface area contributed by atoms with Gasteiger partial charge < -0.3 is 14.8 Å². The molecule has 2 aromatic carbocycles. The maximum absolute atomic E-state index is 13.2. The number of amides is 1. The highest BCUT2D eigenvalue weighted by molar-refractivity contribution is 5.96. The molecule has 0 aromatic heterocycles. The van der Waals surface area contributed by atoms with E-state index < -0.39 is 23.8 Å². The summed E-state index contributed by atoms with van der Waals surface area (Å²) >= 11 is 0. The Balaban J connectivity index is 1.79. The molecule has 0 spiro atoms.